The van der Waals surface area contributed by atoms with Crippen LogP contribution in [0.1, 0.15) is 24.8 Å². The van der Waals surface area contributed by atoms with Gasteiger partial charge in [-0.05, 0) is 49.1 Å². The monoisotopic (exact) mass is 221 g/mol. The maximum absolute atomic E-state index is 4.23. The Morgan fingerprint density at radius 2 is 1.73 bits per heavy atom. The van der Waals surface area contributed by atoms with Gasteiger partial charge < -0.3 is 4.90 Å². The molecule has 0 bridgehead atoms. The molecule has 2 heteroatoms. The zero-order valence-electron chi connectivity index (χ0n) is 9.15. The summed E-state index contributed by atoms with van der Waals surface area (Å²) in [5, 5.41) is 0. The van der Waals surface area contributed by atoms with Gasteiger partial charge in [0.15, 0.2) is 0 Å². The Kier molecular flexibility index (Phi) is 3.95. The molecule has 2 rings (SSSR count). The number of anilines is 1. The summed E-state index contributed by atoms with van der Waals surface area (Å²) in [5.74, 6) is 0.980. The third-order valence-corrected chi connectivity index (χ3v) is 3.35. The summed E-state index contributed by atoms with van der Waals surface area (Å²) >= 11 is 4.23. The van der Waals surface area contributed by atoms with Crippen LogP contribution in [0.5, 0.6) is 0 Å². The fourth-order valence-electron chi connectivity index (χ4n) is 2.13. The summed E-state index contributed by atoms with van der Waals surface area (Å²) in [6, 6.07) is 9.05. The molecule has 1 aromatic carbocycles. The van der Waals surface area contributed by atoms with Gasteiger partial charge in [-0.25, -0.2) is 0 Å². The van der Waals surface area contributed by atoms with Crippen molar-refractivity contribution in [2.75, 3.05) is 23.7 Å². The molecular formula is C13H19NS. The molecule has 0 radical (unpaired) electrons. The van der Waals surface area contributed by atoms with Crippen molar-refractivity contribution < 1.29 is 0 Å². The van der Waals surface area contributed by atoms with E-state index in [0.29, 0.717) is 0 Å². The molecule has 0 atom stereocenters. The standard InChI is InChI=1S/C13H19NS/c15-11-3-4-12-5-7-13(8-6-12)14-9-1-2-10-14/h5-8,15H,1-4,9-11H2. The number of hydrogen-bond donors (Lipinski definition) is 1. The second-order valence-corrected chi connectivity index (χ2v) is 4.63. The van der Waals surface area contributed by atoms with E-state index in [4.69, 9.17) is 0 Å². The summed E-state index contributed by atoms with van der Waals surface area (Å²) in [4.78, 5) is 2.47. The molecule has 0 saturated carbocycles. The van der Waals surface area contributed by atoms with Crippen LogP contribution in [0.2, 0.25) is 0 Å². The minimum Gasteiger partial charge on any atom is -0.372 e. The molecule has 0 spiro atoms. The Labute approximate surface area is 97.9 Å². The SMILES string of the molecule is SCCCc1ccc(N2CCCC2)cc1. The molecule has 0 N–H and O–H groups in total. The van der Waals surface area contributed by atoms with Crippen molar-refractivity contribution in [2.24, 2.45) is 0 Å². The van der Waals surface area contributed by atoms with E-state index >= 15 is 0 Å². The molecule has 1 aliphatic rings. The van der Waals surface area contributed by atoms with Gasteiger partial charge in [0.25, 0.3) is 0 Å². The van der Waals surface area contributed by atoms with E-state index in [2.05, 4.69) is 41.8 Å². The first-order valence-electron chi connectivity index (χ1n) is 5.85. The Bertz CT molecular complexity index is 288. The molecule has 1 aromatic rings. The van der Waals surface area contributed by atoms with Crippen LogP contribution in [0.3, 0.4) is 0 Å². The quantitative estimate of drug-likeness (QED) is 0.764. The number of aryl methyl sites for hydroxylation is 1. The Balaban J connectivity index is 1.96. The van der Waals surface area contributed by atoms with Crippen molar-refractivity contribution in [3.05, 3.63) is 29.8 Å². The Hall–Kier alpha value is -0.630. The van der Waals surface area contributed by atoms with Gasteiger partial charge in [0.2, 0.25) is 0 Å². The molecule has 82 valence electrons. The molecular weight excluding hydrogens is 202 g/mol. The first kappa shape index (κ1) is 10.9. The van der Waals surface area contributed by atoms with Gasteiger partial charge in [-0.1, -0.05) is 12.1 Å². The number of thiol groups is 1. The lowest BCUT2D eigenvalue weighted by molar-refractivity contribution is 0.930. The van der Waals surface area contributed by atoms with Crippen molar-refractivity contribution in [1.29, 1.82) is 0 Å². The minimum absolute atomic E-state index is 0.980. The highest BCUT2D eigenvalue weighted by Gasteiger charge is 2.11. The van der Waals surface area contributed by atoms with Crippen LogP contribution < -0.4 is 4.90 Å². The topological polar surface area (TPSA) is 3.24 Å². The van der Waals surface area contributed by atoms with E-state index < -0.39 is 0 Å². The summed E-state index contributed by atoms with van der Waals surface area (Å²) in [6.45, 7) is 2.46. The summed E-state index contributed by atoms with van der Waals surface area (Å²) in [7, 11) is 0. The van der Waals surface area contributed by atoms with E-state index in [0.717, 1.165) is 12.2 Å². The summed E-state index contributed by atoms with van der Waals surface area (Å²) in [5.41, 5.74) is 2.83. The third-order valence-electron chi connectivity index (χ3n) is 3.03. The molecule has 0 amide bonds. The fourth-order valence-corrected chi connectivity index (χ4v) is 2.29. The Morgan fingerprint density at radius 3 is 2.33 bits per heavy atom. The average Bonchev–Trinajstić information content (AvgIpc) is 2.80. The summed E-state index contributed by atoms with van der Waals surface area (Å²) in [6.07, 6.45) is 5.03. The van der Waals surface area contributed by atoms with Crippen LogP contribution in [0.15, 0.2) is 24.3 Å². The zero-order valence-corrected chi connectivity index (χ0v) is 10.0. The summed E-state index contributed by atoms with van der Waals surface area (Å²) < 4.78 is 0. The van der Waals surface area contributed by atoms with E-state index in [1.807, 2.05) is 0 Å². The van der Waals surface area contributed by atoms with Crippen LogP contribution in [0.25, 0.3) is 0 Å². The number of hydrogen-bond acceptors (Lipinski definition) is 2. The second-order valence-electron chi connectivity index (χ2n) is 4.19. The smallest absolute Gasteiger partial charge is 0.0366 e. The van der Waals surface area contributed by atoms with Crippen LogP contribution in [-0.4, -0.2) is 18.8 Å². The Morgan fingerprint density at radius 1 is 1.07 bits per heavy atom. The molecule has 1 nitrogen and oxygen atoms in total. The highest BCUT2D eigenvalue weighted by molar-refractivity contribution is 7.80. The minimum atomic E-state index is 0.980. The third kappa shape index (κ3) is 2.91. The first-order valence-corrected chi connectivity index (χ1v) is 6.48. The molecule has 1 aliphatic heterocycles. The highest BCUT2D eigenvalue weighted by atomic mass is 32.1. The lowest BCUT2D eigenvalue weighted by Gasteiger charge is -2.17. The van der Waals surface area contributed by atoms with Crippen molar-refractivity contribution in [3.63, 3.8) is 0 Å². The molecule has 0 aliphatic carbocycles. The van der Waals surface area contributed by atoms with Gasteiger partial charge in [-0.2, -0.15) is 12.6 Å². The molecule has 1 fully saturated rings. The van der Waals surface area contributed by atoms with Crippen molar-refractivity contribution in [3.8, 4) is 0 Å². The predicted octanol–water partition coefficient (Wildman–Crippen LogP) is 3.15. The average molecular weight is 221 g/mol. The maximum Gasteiger partial charge on any atom is 0.0366 e. The number of rotatable bonds is 4. The molecule has 1 saturated heterocycles. The number of benzene rings is 1. The normalized spacial score (nSPS) is 15.9. The van der Waals surface area contributed by atoms with Gasteiger partial charge in [-0.15, -0.1) is 0 Å². The lowest BCUT2D eigenvalue weighted by Crippen LogP contribution is -2.17. The maximum atomic E-state index is 4.23. The van der Waals surface area contributed by atoms with Crippen LogP contribution in [-0.2, 0) is 6.42 Å². The van der Waals surface area contributed by atoms with Crippen LogP contribution >= 0.6 is 12.6 Å². The van der Waals surface area contributed by atoms with Gasteiger partial charge in [0.1, 0.15) is 0 Å². The van der Waals surface area contributed by atoms with Gasteiger partial charge in [-0.3, -0.25) is 0 Å². The lowest BCUT2D eigenvalue weighted by atomic mass is 10.1. The van der Waals surface area contributed by atoms with Gasteiger partial charge in [0, 0.05) is 18.8 Å². The van der Waals surface area contributed by atoms with E-state index in [9.17, 15) is 0 Å². The van der Waals surface area contributed by atoms with Crippen molar-refractivity contribution in [1.82, 2.24) is 0 Å². The van der Waals surface area contributed by atoms with E-state index in [-0.39, 0.29) is 0 Å². The van der Waals surface area contributed by atoms with Gasteiger partial charge in [0.05, 0.1) is 0 Å². The van der Waals surface area contributed by atoms with Gasteiger partial charge >= 0.3 is 0 Å². The largest absolute Gasteiger partial charge is 0.372 e. The predicted molar refractivity (Wildman–Crippen MR) is 70.1 cm³/mol. The number of nitrogens with zero attached hydrogens (tertiary/aromatic N) is 1. The zero-order chi connectivity index (χ0) is 10.5. The fraction of sp³-hybridized carbons (Fsp3) is 0.538. The highest BCUT2D eigenvalue weighted by Crippen LogP contribution is 2.20. The molecule has 0 aromatic heterocycles. The molecule has 0 unspecified atom stereocenters. The van der Waals surface area contributed by atoms with Crippen molar-refractivity contribution in [2.45, 2.75) is 25.7 Å². The van der Waals surface area contributed by atoms with E-state index in [1.165, 1.54) is 43.6 Å². The van der Waals surface area contributed by atoms with E-state index in [1.54, 1.807) is 0 Å². The molecule has 15 heavy (non-hydrogen) atoms. The molecule has 1 heterocycles. The van der Waals surface area contributed by atoms with Crippen LogP contribution in [0, 0.1) is 0 Å². The van der Waals surface area contributed by atoms with Crippen molar-refractivity contribution >= 4 is 18.3 Å². The first-order chi connectivity index (χ1) is 7.40. The van der Waals surface area contributed by atoms with Crippen LogP contribution in [0.4, 0.5) is 5.69 Å². The second kappa shape index (κ2) is 5.45.